The standard InChI is InChI=1S/C17H16N8/c18-15-13(12-7-3-5-10-4-1-2-6-11(10)12)8-19-17-14(9-20-25(15)17)16-21-23-24-22-16/h3,5,7-9H,1-2,4,6,18H2,(H,21,22,23,24). The molecule has 1 aliphatic carbocycles. The summed E-state index contributed by atoms with van der Waals surface area (Å²) in [7, 11) is 0. The molecule has 0 aliphatic heterocycles. The topological polar surface area (TPSA) is 111 Å². The summed E-state index contributed by atoms with van der Waals surface area (Å²) < 4.78 is 1.65. The molecule has 0 atom stereocenters. The Bertz CT molecular complexity index is 1060. The molecule has 0 fully saturated rings. The molecule has 0 bridgehead atoms. The smallest absolute Gasteiger partial charge is 0.184 e. The number of fused-ring (bicyclic) bond motifs is 2. The van der Waals surface area contributed by atoms with Crippen molar-refractivity contribution < 1.29 is 0 Å². The second kappa shape index (κ2) is 5.37. The Morgan fingerprint density at radius 3 is 2.84 bits per heavy atom. The second-order valence-electron chi connectivity index (χ2n) is 6.25. The van der Waals surface area contributed by atoms with Gasteiger partial charge in [-0.25, -0.2) is 10.1 Å². The van der Waals surface area contributed by atoms with Gasteiger partial charge in [-0.3, -0.25) is 0 Å². The third kappa shape index (κ3) is 2.10. The number of benzene rings is 1. The normalized spacial score (nSPS) is 13.9. The number of H-pyrrole nitrogens is 1. The highest BCUT2D eigenvalue weighted by molar-refractivity contribution is 5.81. The minimum Gasteiger partial charge on any atom is -0.383 e. The Morgan fingerprint density at radius 2 is 1.96 bits per heavy atom. The van der Waals surface area contributed by atoms with Gasteiger partial charge in [-0.2, -0.15) is 9.61 Å². The molecular formula is C17H16N8. The van der Waals surface area contributed by atoms with Crippen molar-refractivity contribution >= 4 is 11.5 Å². The predicted octanol–water partition coefficient (Wildman–Crippen LogP) is 2.04. The van der Waals surface area contributed by atoms with Crippen LogP contribution in [0.3, 0.4) is 0 Å². The first kappa shape index (κ1) is 14.1. The zero-order valence-electron chi connectivity index (χ0n) is 13.5. The predicted molar refractivity (Wildman–Crippen MR) is 92.6 cm³/mol. The molecule has 3 aromatic heterocycles. The fourth-order valence-corrected chi connectivity index (χ4v) is 3.63. The van der Waals surface area contributed by atoms with E-state index in [1.54, 1.807) is 10.7 Å². The molecular weight excluding hydrogens is 316 g/mol. The van der Waals surface area contributed by atoms with Crippen molar-refractivity contribution in [2.75, 3.05) is 5.73 Å². The maximum atomic E-state index is 6.45. The summed E-state index contributed by atoms with van der Waals surface area (Å²) in [5.41, 5.74) is 12.7. The highest BCUT2D eigenvalue weighted by Crippen LogP contribution is 2.35. The number of nitrogens with one attached hydrogen (secondary N) is 1. The summed E-state index contributed by atoms with van der Waals surface area (Å²) in [6, 6.07) is 6.43. The Hall–Kier alpha value is -3.29. The molecule has 1 aromatic carbocycles. The number of nitrogen functional groups attached to an aromatic ring is 1. The van der Waals surface area contributed by atoms with Crippen LogP contribution < -0.4 is 5.73 Å². The van der Waals surface area contributed by atoms with E-state index in [0.717, 1.165) is 29.5 Å². The van der Waals surface area contributed by atoms with E-state index in [-0.39, 0.29) is 0 Å². The Morgan fingerprint density at radius 1 is 1.04 bits per heavy atom. The molecule has 0 radical (unpaired) electrons. The monoisotopic (exact) mass is 332 g/mol. The van der Waals surface area contributed by atoms with Crippen LogP contribution in [0.15, 0.2) is 30.6 Å². The molecule has 8 heteroatoms. The van der Waals surface area contributed by atoms with Crippen LogP contribution >= 0.6 is 0 Å². The van der Waals surface area contributed by atoms with E-state index in [1.807, 2.05) is 6.20 Å². The molecule has 0 saturated heterocycles. The highest BCUT2D eigenvalue weighted by atomic mass is 15.5. The number of aromatic amines is 1. The maximum absolute atomic E-state index is 6.45. The lowest BCUT2D eigenvalue weighted by Crippen LogP contribution is -2.07. The Kier molecular flexibility index (Phi) is 3.03. The molecule has 0 amide bonds. The van der Waals surface area contributed by atoms with Gasteiger partial charge in [0.2, 0.25) is 0 Å². The average molecular weight is 332 g/mol. The average Bonchev–Trinajstić information content (AvgIpc) is 3.31. The number of nitrogens with zero attached hydrogens (tertiary/aromatic N) is 6. The highest BCUT2D eigenvalue weighted by Gasteiger charge is 2.19. The van der Waals surface area contributed by atoms with E-state index in [0.29, 0.717) is 17.3 Å². The van der Waals surface area contributed by atoms with Crippen molar-refractivity contribution in [3.05, 3.63) is 41.7 Å². The minimum atomic E-state index is 0.520. The van der Waals surface area contributed by atoms with Crippen LogP contribution in [0.4, 0.5) is 5.82 Å². The van der Waals surface area contributed by atoms with Crippen LogP contribution in [0.5, 0.6) is 0 Å². The van der Waals surface area contributed by atoms with Crippen LogP contribution in [0.1, 0.15) is 24.0 Å². The largest absolute Gasteiger partial charge is 0.383 e. The van der Waals surface area contributed by atoms with Crippen LogP contribution in [-0.2, 0) is 12.8 Å². The molecule has 0 unspecified atom stereocenters. The lowest BCUT2D eigenvalue weighted by Gasteiger charge is -2.20. The van der Waals surface area contributed by atoms with Gasteiger partial charge in [0.1, 0.15) is 5.82 Å². The Labute approximate surface area is 143 Å². The fourth-order valence-electron chi connectivity index (χ4n) is 3.63. The SMILES string of the molecule is Nc1c(-c2cccc3c2CCCC3)cnc2c(-c3nnn[nH]3)cnn12. The molecule has 0 spiro atoms. The van der Waals surface area contributed by atoms with E-state index < -0.39 is 0 Å². The summed E-state index contributed by atoms with van der Waals surface area (Å²) in [4.78, 5) is 4.59. The number of tetrazole rings is 1. The zero-order chi connectivity index (χ0) is 16.8. The van der Waals surface area contributed by atoms with E-state index >= 15 is 0 Å². The number of nitrogens with two attached hydrogens (primary N) is 1. The van der Waals surface area contributed by atoms with Crippen molar-refractivity contribution in [1.29, 1.82) is 0 Å². The lowest BCUT2D eigenvalue weighted by molar-refractivity contribution is 0.687. The molecule has 0 saturated carbocycles. The van der Waals surface area contributed by atoms with Crippen molar-refractivity contribution in [2.45, 2.75) is 25.7 Å². The molecule has 3 heterocycles. The number of hydrogen-bond acceptors (Lipinski definition) is 6. The summed E-state index contributed by atoms with van der Waals surface area (Å²) >= 11 is 0. The van der Waals surface area contributed by atoms with Gasteiger partial charge in [-0.05, 0) is 52.8 Å². The lowest BCUT2D eigenvalue weighted by atomic mass is 9.86. The molecule has 3 N–H and O–H groups in total. The van der Waals surface area contributed by atoms with Gasteiger partial charge in [0, 0.05) is 11.8 Å². The number of hydrogen-bond donors (Lipinski definition) is 2. The van der Waals surface area contributed by atoms with Gasteiger partial charge in [0.05, 0.1) is 11.8 Å². The van der Waals surface area contributed by atoms with Crippen LogP contribution in [0.25, 0.3) is 28.2 Å². The van der Waals surface area contributed by atoms with E-state index in [4.69, 9.17) is 5.73 Å². The molecule has 1 aliphatic rings. The molecule has 25 heavy (non-hydrogen) atoms. The first-order chi connectivity index (χ1) is 12.3. The summed E-state index contributed by atoms with van der Waals surface area (Å²) in [5, 5.41) is 18.3. The first-order valence-corrected chi connectivity index (χ1v) is 8.30. The van der Waals surface area contributed by atoms with Gasteiger partial charge >= 0.3 is 0 Å². The van der Waals surface area contributed by atoms with Gasteiger partial charge < -0.3 is 5.73 Å². The van der Waals surface area contributed by atoms with E-state index in [2.05, 4.69) is 48.9 Å². The van der Waals surface area contributed by atoms with Gasteiger partial charge in [0.25, 0.3) is 0 Å². The van der Waals surface area contributed by atoms with Crippen molar-refractivity contribution in [1.82, 2.24) is 35.2 Å². The number of aryl methyl sites for hydroxylation is 1. The van der Waals surface area contributed by atoms with Gasteiger partial charge in [0.15, 0.2) is 11.5 Å². The van der Waals surface area contributed by atoms with Crippen LogP contribution in [0, 0.1) is 0 Å². The maximum Gasteiger partial charge on any atom is 0.184 e. The summed E-state index contributed by atoms with van der Waals surface area (Å²) in [5.74, 6) is 1.09. The summed E-state index contributed by atoms with van der Waals surface area (Å²) in [6.07, 6.45) is 8.16. The van der Waals surface area contributed by atoms with Gasteiger partial charge in [-0.1, -0.05) is 18.2 Å². The van der Waals surface area contributed by atoms with Crippen molar-refractivity contribution in [3.8, 4) is 22.5 Å². The molecule has 5 rings (SSSR count). The number of rotatable bonds is 2. The van der Waals surface area contributed by atoms with Crippen molar-refractivity contribution in [3.63, 3.8) is 0 Å². The van der Waals surface area contributed by atoms with Crippen molar-refractivity contribution in [2.24, 2.45) is 0 Å². The van der Waals surface area contributed by atoms with Crippen LogP contribution in [-0.4, -0.2) is 35.2 Å². The number of anilines is 1. The third-order valence-electron chi connectivity index (χ3n) is 4.85. The third-order valence-corrected chi connectivity index (χ3v) is 4.85. The summed E-state index contributed by atoms with van der Waals surface area (Å²) in [6.45, 7) is 0. The quantitative estimate of drug-likeness (QED) is 0.581. The van der Waals surface area contributed by atoms with E-state index in [1.165, 1.54) is 24.0 Å². The zero-order valence-corrected chi connectivity index (χ0v) is 13.5. The van der Waals surface area contributed by atoms with E-state index in [9.17, 15) is 0 Å². The Balaban J connectivity index is 1.70. The van der Waals surface area contributed by atoms with Gasteiger partial charge in [-0.15, -0.1) is 5.10 Å². The minimum absolute atomic E-state index is 0.520. The number of aromatic nitrogens is 7. The fraction of sp³-hybridized carbons (Fsp3) is 0.235. The molecule has 4 aromatic rings. The van der Waals surface area contributed by atoms with Crippen LogP contribution in [0.2, 0.25) is 0 Å². The molecule has 8 nitrogen and oxygen atoms in total. The molecule has 124 valence electrons. The first-order valence-electron chi connectivity index (χ1n) is 8.30. The second-order valence-corrected chi connectivity index (χ2v) is 6.25.